The first-order valence-electron chi connectivity index (χ1n) is 5.04. The van der Waals surface area contributed by atoms with E-state index in [0.717, 1.165) is 14.2 Å². The lowest BCUT2D eigenvalue weighted by Gasteiger charge is -2.10. The lowest BCUT2D eigenvalue weighted by molar-refractivity contribution is 0.916. The van der Waals surface area contributed by atoms with E-state index in [1.54, 1.807) is 0 Å². The van der Waals surface area contributed by atoms with Gasteiger partial charge in [0.2, 0.25) is 0 Å². The SMILES string of the molecule is CCCc1cccc(C(C)PC)c1. The highest BCUT2D eigenvalue weighted by molar-refractivity contribution is 7.37. The van der Waals surface area contributed by atoms with Crippen molar-refractivity contribution in [2.45, 2.75) is 32.3 Å². The summed E-state index contributed by atoms with van der Waals surface area (Å²) in [7, 11) is 1.01. The summed E-state index contributed by atoms with van der Waals surface area (Å²) < 4.78 is 0. The van der Waals surface area contributed by atoms with Crippen LogP contribution in [0, 0.1) is 0 Å². The van der Waals surface area contributed by atoms with E-state index in [9.17, 15) is 0 Å². The standard InChI is InChI=1S/C12H19P/c1-4-6-11-7-5-8-12(9-11)10(2)13-3/h5,7-10,13H,4,6H2,1-3H3. The minimum atomic E-state index is 0.733. The smallest absolute Gasteiger partial charge is 0.00166 e. The van der Waals surface area contributed by atoms with Gasteiger partial charge in [0, 0.05) is 0 Å². The van der Waals surface area contributed by atoms with Crippen molar-refractivity contribution in [3.05, 3.63) is 35.4 Å². The minimum Gasteiger partial charge on any atom is -0.118 e. The fourth-order valence-electron chi connectivity index (χ4n) is 1.47. The maximum absolute atomic E-state index is 2.37. The molecule has 0 fully saturated rings. The molecule has 0 saturated heterocycles. The average molecular weight is 194 g/mol. The van der Waals surface area contributed by atoms with Gasteiger partial charge >= 0.3 is 0 Å². The van der Waals surface area contributed by atoms with Gasteiger partial charge in [0.05, 0.1) is 0 Å². The Labute approximate surface area is 83.5 Å². The third-order valence-electron chi connectivity index (χ3n) is 2.42. The van der Waals surface area contributed by atoms with Crippen LogP contribution in [0.4, 0.5) is 0 Å². The highest BCUT2D eigenvalue weighted by Crippen LogP contribution is 2.31. The van der Waals surface area contributed by atoms with Crippen LogP contribution < -0.4 is 0 Å². The molecule has 0 spiro atoms. The van der Waals surface area contributed by atoms with Crippen molar-refractivity contribution in [1.29, 1.82) is 0 Å². The van der Waals surface area contributed by atoms with Crippen LogP contribution in [0.5, 0.6) is 0 Å². The van der Waals surface area contributed by atoms with Gasteiger partial charge in [-0.05, 0) is 29.9 Å². The second-order valence-corrected chi connectivity index (χ2v) is 4.95. The van der Waals surface area contributed by atoms with Crippen LogP contribution in [0.15, 0.2) is 24.3 Å². The first-order valence-corrected chi connectivity index (χ1v) is 6.61. The van der Waals surface area contributed by atoms with Crippen molar-refractivity contribution in [3.8, 4) is 0 Å². The van der Waals surface area contributed by atoms with E-state index >= 15 is 0 Å². The third-order valence-corrected chi connectivity index (χ3v) is 3.62. The Hall–Kier alpha value is -0.350. The number of hydrogen-bond donors (Lipinski definition) is 0. The topological polar surface area (TPSA) is 0 Å². The second-order valence-electron chi connectivity index (χ2n) is 3.51. The van der Waals surface area contributed by atoms with Gasteiger partial charge < -0.3 is 0 Å². The van der Waals surface area contributed by atoms with Gasteiger partial charge in [-0.1, -0.05) is 44.5 Å². The van der Waals surface area contributed by atoms with Crippen LogP contribution in [0.3, 0.4) is 0 Å². The fraction of sp³-hybridized carbons (Fsp3) is 0.500. The number of benzene rings is 1. The van der Waals surface area contributed by atoms with Gasteiger partial charge in [-0.2, -0.15) is 0 Å². The van der Waals surface area contributed by atoms with Crippen molar-refractivity contribution in [2.24, 2.45) is 0 Å². The molecule has 2 unspecified atom stereocenters. The number of rotatable bonds is 4. The first kappa shape index (κ1) is 10.7. The highest BCUT2D eigenvalue weighted by atomic mass is 31.1. The van der Waals surface area contributed by atoms with E-state index in [2.05, 4.69) is 44.8 Å². The summed E-state index contributed by atoms with van der Waals surface area (Å²) in [6.07, 6.45) is 2.46. The Morgan fingerprint density at radius 1 is 1.38 bits per heavy atom. The Balaban J connectivity index is 2.78. The largest absolute Gasteiger partial charge is 0.118 e. The van der Waals surface area contributed by atoms with Crippen LogP contribution in [0.2, 0.25) is 0 Å². The lowest BCUT2D eigenvalue weighted by Crippen LogP contribution is -1.89. The highest BCUT2D eigenvalue weighted by Gasteiger charge is 2.02. The summed E-state index contributed by atoms with van der Waals surface area (Å²) in [6, 6.07) is 9.04. The van der Waals surface area contributed by atoms with Gasteiger partial charge in [-0.25, -0.2) is 0 Å². The molecule has 0 aromatic heterocycles. The van der Waals surface area contributed by atoms with E-state index in [0.29, 0.717) is 0 Å². The molecular formula is C12H19P. The van der Waals surface area contributed by atoms with Gasteiger partial charge in [0.15, 0.2) is 0 Å². The minimum absolute atomic E-state index is 0.733. The predicted octanol–water partition coefficient (Wildman–Crippen LogP) is 4.01. The molecule has 13 heavy (non-hydrogen) atoms. The molecule has 0 aliphatic carbocycles. The van der Waals surface area contributed by atoms with Crippen LogP contribution in [-0.2, 0) is 6.42 Å². The molecule has 0 aliphatic heterocycles. The molecule has 1 rings (SSSR count). The second kappa shape index (κ2) is 5.40. The van der Waals surface area contributed by atoms with Crippen molar-refractivity contribution in [3.63, 3.8) is 0 Å². The maximum atomic E-state index is 2.37. The molecule has 1 aromatic rings. The van der Waals surface area contributed by atoms with Crippen LogP contribution in [-0.4, -0.2) is 6.66 Å². The van der Waals surface area contributed by atoms with Crippen LogP contribution in [0.25, 0.3) is 0 Å². The normalized spacial score (nSPS) is 13.8. The van der Waals surface area contributed by atoms with Crippen molar-refractivity contribution >= 4 is 8.58 Å². The predicted molar refractivity (Wildman–Crippen MR) is 63.1 cm³/mol. The summed E-state index contributed by atoms with van der Waals surface area (Å²) in [5.74, 6) is 0. The van der Waals surface area contributed by atoms with Crippen molar-refractivity contribution < 1.29 is 0 Å². The Morgan fingerprint density at radius 2 is 2.15 bits per heavy atom. The van der Waals surface area contributed by atoms with E-state index in [1.807, 2.05) is 0 Å². The van der Waals surface area contributed by atoms with Gasteiger partial charge in [-0.15, -0.1) is 8.58 Å². The summed E-state index contributed by atoms with van der Waals surface area (Å²) >= 11 is 0. The summed E-state index contributed by atoms with van der Waals surface area (Å²) in [6.45, 7) is 6.82. The molecule has 0 radical (unpaired) electrons. The molecule has 1 heteroatoms. The molecule has 72 valence electrons. The van der Waals surface area contributed by atoms with Crippen molar-refractivity contribution in [1.82, 2.24) is 0 Å². The van der Waals surface area contributed by atoms with E-state index in [1.165, 1.54) is 24.0 Å². The molecule has 0 N–H and O–H groups in total. The Morgan fingerprint density at radius 3 is 2.77 bits per heavy atom. The zero-order chi connectivity index (χ0) is 9.68. The summed E-state index contributed by atoms with van der Waals surface area (Å²) in [5, 5.41) is 0. The van der Waals surface area contributed by atoms with E-state index in [4.69, 9.17) is 0 Å². The summed E-state index contributed by atoms with van der Waals surface area (Å²) in [5.41, 5.74) is 3.73. The molecule has 0 heterocycles. The van der Waals surface area contributed by atoms with Gasteiger partial charge in [0.1, 0.15) is 0 Å². The number of aryl methyl sites for hydroxylation is 1. The molecule has 1 aromatic carbocycles. The molecule has 2 atom stereocenters. The van der Waals surface area contributed by atoms with Crippen LogP contribution in [0.1, 0.15) is 37.1 Å². The molecule has 0 aliphatic rings. The van der Waals surface area contributed by atoms with Gasteiger partial charge in [0.25, 0.3) is 0 Å². The molecule has 0 nitrogen and oxygen atoms in total. The molecule has 0 saturated carbocycles. The zero-order valence-electron chi connectivity index (χ0n) is 8.80. The summed E-state index contributed by atoms with van der Waals surface area (Å²) in [4.78, 5) is 0. The Kier molecular flexibility index (Phi) is 4.45. The quantitative estimate of drug-likeness (QED) is 0.635. The average Bonchev–Trinajstić information content (AvgIpc) is 2.18. The lowest BCUT2D eigenvalue weighted by atomic mass is 10.1. The van der Waals surface area contributed by atoms with E-state index < -0.39 is 0 Å². The van der Waals surface area contributed by atoms with Crippen LogP contribution >= 0.6 is 8.58 Å². The fourth-order valence-corrected chi connectivity index (χ4v) is 1.99. The molecular weight excluding hydrogens is 175 g/mol. The Bertz CT molecular complexity index is 255. The molecule has 0 amide bonds. The number of hydrogen-bond acceptors (Lipinski definition) is 0. The van der Waals surface area contributed by atoms with Gasteiger partial charge in [-0.3, -0.25) is 0 Å². The van der Waals surface area contributed by atoms with E-state index in [-0.39, 0.29) is 0 Å². The monoisotopic (exact) mass is 194 g/mol. The first-order chi connectivity index (χ1) is 6.27. The van der Waals surface area contributed by atoms with Crippen molar-refractivity contribution in [2.75, 3.05) is 6.66 Å². The third kappa shape index (κ3) is 3.12. The molecule has 0 bridgehead atoms. The zero-order valence-corrected chi connectivity index (χ0v) is 9.80. The maximum Gasteiger partial charge on any atom is -0.00166 e.